The minimum absolute atomic E-state index is 0.224. The molecule has 34 heavy (non-hydrogen) atoms. The third-order valence-corrected chi connectivity index (χ3v) is 8.85. The third-order valence-electron chi connectivity index (χ3n) is 6.96. The fraction of sp³-hybridized carbons (Fsp3) is 0.500. The zero-order chi connectivity index (χ0) is 24.3. The van der Waals surface area contributed by atoms with Gasteiger partial charge in [-0.1, -0.05) is 31.0 Å². The van der Waals surface area contributed by atoms with Gasteiger partial charge in [0.2, 0.25) is 10.0 Å². The molecule has 0 saturated carbocycles. The second-order valence-electron chi connectivity index (χ2n) is 9.34. The van der Waals surface area contributed by atoms with Crippen LogP contribution in [0.15, 0.2) is 41.3 Å². The van der Waals surface area contributed by atoms with Gasteiger partial charge in [-0.2, -0.15) is 4.31 Å². The maximum Gasteiger partial charge on any atom is 0.255 e. The number of hydrogen-bond donors (Lipinski definition) is 1. The third kappa shape index (κ3) is 5.29. The highest BCUT2D eigenvalue weighted by Gasteiger charge is 2.28. The maximum absolute atomic E-state index is 13.3. The summed E-state index contributed by atoms with van der Waals surface area (Å²) in [6.45, 7) is 11.7. The van der Waals surface area contributed by atoms with Gasteiger partial charge >= 0.3 is 0 Å². The lowest BCUT2D eigenvalue weighted by atomic mass is 10.0. The molecule has 2 aromatic rings. The highest BCUT2D eigenvalue weighted by atomic mass is 32.2. The molecule has 2 heterocycles. The van der Waals surface area contributed by atoms with E-state index in [9.17, 15) is 13.2 Å². The molecule has 1 N–H and O–H groups in total. The molecule has 7 nitrogen and oxygen atoms in total. The molecule has 4 rings (SSSR count). The van der Waals surface area contributed by atoms with Crippen LogP contribution in [0.3, 0.4) is 0 Å². The maximum atomic E-state index is 13.3. The smallest absolute Gasteiger partial charge is 0.255 e. The first kappa shape index (κ1) is 24.7. The van der Waals surface area contributed by atoms with E-state index < -0.39 is 10.0 Å². The fourth-order valence-electron chi connectivity index (χ4n) is 4.87. The lowest BCUT2D eigenvalue weighted by Crippen LogP contribution is -2.46. The van der Waals surface area contributed by atoms with E-state index in [1.807, 2.05) is 38.1 Å². The van der Waals surface area contributed by atoms with Crippen molar-refractivity contribution in [2.24, 2.45) is 0 Å². The van der Waals surface area contributed by atoms with Gasteiger partial charge < -0.3 is 15.1 Å². The van der Waals surface area contributed by atoms with Crippen molar-refractivity contribution in [3.63, 3.8) is 0 Å². The first-order valence-electron chi connectivity index (χ1n) is 12.3. The minimum Gasteiger partial charge on any atom is -0.367 e. The zero-order valence-electron chi connectivity index (χ0n) is 20.5. The Labute approximate surface area is 203 Å². The standard InChI is InChI=1S/C26H36N4O3S/c1-4-28-14-16-29(17-15-28)25-11-9-22(34(32,33)30-12-6-5-7-13-30)19-24(25)27-26(31)23-10-8-20(2)18-21(23)3/h8-11,18-19H,4-7,12-17H2,1-3H3,(H,27,31). The molecular weight excluding hydrogens is 448 g/mol. The van der Waals surface area contributed by atoms with Crippen molar-refractivity contribution in [1.82, 2.24) is 9.21 Å². The van der Waals surface area contributed by atoms with Crippen LogP contribution < -0.4 is 10.2 Å². The van der Waals surface area contributed by atoms with Crippen LogP contribution in [0.4, 0.5) is 11.4 Å². The first-order valence-corrected chi connectivity index (χ1v) is 13.7. The topological polar surface area (TPSA) is 73.0 Å². The summed E-state index contributed by atoms with van der Waals surface area (Å²) < 4.78 is 28.3. The van der Waals surface area contributed by atoms with Gasteiger partial charge in [0.1, 0.15) is 0 Å². The minimum atomic E-state index is -3.60. The molecule has 2 aliphatic rings. The van der Waals surface area contributed by atoms with Gasteiger partial charge in [-0.25, -0.2) is 8.42 Å². The quantitative estimate of drug-likeness (QED) is 0.674. The number of carbonyl (C=O) groups excluding carboxylic acids is 1. The van der Waals surface area contributed by atoms with Crippen molar-refractivity contribution in [1.29, 1.82) is 0 Å². The number of carbonyl (C=O) groups is 1. The fourth-order valence-corrected chi connectivity index (χ4v) is 6.41. The lowest BCUT2D eigenvalue weighted by Gasteiger charge is -2.36. The molecule has 1 amide bonds. The average Bonchev–Trinajstić information content (AvgIpc) is 2.84. The largest absolute Gasteiger partial charge is 0.367 e. The Morgan fingerprint density at radius 1 is 0.912 bits per heavy atom. The van der Waals surface area contributed by atoms with Gasteiger partial charge in [-0.3, -0.25) is 4.79 Å². The predicted molar refractivity (Wildman–Crippen MR) is 137 cm³/mol. The van der Waals surface area contributed by atoms with Crippen molar-refractivity contribution in [3.8, 4) is 0 Å². The van der Waals surface area contributed by atoms with Crippen molar-refractivity contribution < 1.29 is 13.2 Å². The number of aryl methyl sites for hydroxylation is 2. The van der Waals surface area contributed by atoms with Gasteiger partial charge in [0.15, 0.2) is 0 Å². The molecule has 0 bridgehead atoms. The van der Waals surface area contributed by atoms with E-state index in [0.717, 1.165) is 68.8 Å². The SMILES string of the molecule is CCN1CCN(c2ccc(S(=O)(=O)N3CCCCC3)cc2NC(=O)c2ccc(C)cc2C)CC1. The highest BCUT2D eigenvalue weighted by Crippen LogP contribution is 2.32. The van der Waals surface area contributed by atoms with Crippen LogP contribution in [0.25, 0.3) is 0 Å². The highest BCUT2D eigenvalue weighted by molar-refractivity contribution is 7.89. The van der Waals surface area contributed by atoms with Crippen molar-refractivity contribution in [3.05, 3.63) is 53.1 Å². The van der Waals surface area contributed by atoms with Crippen LogP contribution in [0.1, 0.15) is 47.7 Å². The van der Waals surface area contributed by atoms with Crippen LogP contribution in [0.5, 0.6) is 0 Å². The van der Waals surface area contributed by atoms with Crippen LogP contribution in [-0.2, 0) is 10.0 Å². The molecule has 0 unspecified atom stereocenters. The van der Waals surface area contributed by atoms with Crippen molar-refractivity contribution in [2.45, 2.75) is 44.9 Å². The molecule has 184 valence electrons. The number of rotatable bonds is 6. The number of piperidine rings is 1. The molecular formula is C26H36N4O3S. The molecule has 0 spiro atoms. The number of likely N-dealkylation sites (N-methyl/N-ethyl adjacent to an activating group) is 1. The number of nitrogens with zero attached hydrogens (tertiary/aromatic N) is 3. The van der Waals surface area contributed by atoms with Gasteiger partial charge in [0.25, 0.3) is 5.91 Å². The summed E-state index contributed by atoms with van der Waals surface area (Å²) in [7, 11) is -3.60. The molecule has 2 aliphatic heterocycles. The second kappa shape index (κ2) is 10.5. The van der Waals surface area contributed by atoms with Gasteiger partial charge in [-0.15, -0.1) is 0 Å². The summed E-state index contributed by atoms with van der Waals surface area (Å²) in [4.78, 5) is 18.1. The molecule has 0 aliphatic carbocycles. The Balaban J connectivity index is 1.68. The Morgan fingerprint density at radius 2 is 1.62 bits per heavy atom. The number of benzene rings is 2. The Kier molecular flexibility index (Phi) is 7.60. The van der Waals surface area contributed by atoms with E-state index in [2.05, 4.69) is 22.0 Å². The van der Waals surface area contributed by atoms with E-state index in [-0.39, 0.29) is 10.8 Å². The Bertz CT molecular complexity index is 1130. The molecule has 0 atom stereocenters. The summed E-state index contributed by atoms with van der Waals surface area (Å²) in [5, 5.41) is 3.05. The number of amides is 1. The van der Waals surface area contributed by atoms with Gasteiger partial charge in [-0.05, 0) is 63.1 Å². The van der Waals surface area contributed by atoms with E-state index in [1.54, 1.807) is 16.4 Å². The van der Waals surface area contributed by atoms with Crippen LogP contribution >= 0.6 is 0 Å². The van der Waals surface area contributed by atoms with E-state index in [0.29, 0.717) is 24.3 Å². The monoisotopic (exact) mass is 484 g/mol. The van der Waals surface area contributed by atoms with Gasteiger partial charge in [0, 0.05) is 44.8 Å². The number of sulfonamides is 1. The first-order chi connectivity index (χ1) is 16.3. The number of piperazine rings is 1. The molecule has 2 saturated heterocycles. The van der Waals surface area contributed by atoms with Crippen LogP contribution in [-0.4, -0.2) is 69.3 Å². The summed E-state index contributed by atoms with van der Waals surface area (Å²) in [6, 6.07) is 10.9. The lowest BCUT2D eigenvalue weighted by molar-refractivity contribution is 0.102. The number of hydrogen-bond acceptors (Lipinski definition) is 5. The van der Waals surface area contributed by atoms with E-state index in [1.165, 1.54) is 0 Å². The van der Waals surface area contributed by atoms with E-state index in [4.69, 9.17) is 0 Å². The zero-order valence-corrected chi connectivity index (χ0v) is 21.3. The van der Waals surface area contributed by atoms with Crippen LogP contribution in [0, 0.1) is 13.8 Å². The summed E-state index contributed by atoms with van der Waals surface area (Å²) in [5.41, 5.74) is 4.00. The summed E-state index contributed by atoms with van der Waals surface area (Å²) >= 11 is 0. The number of nitrogens with one attached hydrogen (secondary N) is 1. The predicted octanol–water partition coefficient (Wildman–Crippen LogP) is 3.87. The molecule has 2 fully saturated rings. The molecule has 0 radical (unpaired) electrons. The summed E-state index contributed by atoms with van der Waals surface area (Å²) in [6.07, 6.45) is 2.83. The molecule has 8 heteroatoms. The Hall–Kier alpha value is -2.42. The number of anilines is 2. The normalized spacial score (nSPS) is 18.1. The summed E-state index contributed by atoms with van der Waals surface area (Å²) in [5.74, 6) is -0.224. The van der Waals surface area contributed by atoms with Gasteiger partial charge in [0.05, 0.1) is 16.3 Å². The molecule has 2 aromatic carbocycles. The second-order valence-corrected chi connectivity index (χ2v) is 11.3. The van der Waals surface area contributed by atoms with Crippen LogP contribution in [0.2, 0.25) is 0 Å². The average molecular weight is 485 g/mol. The molecule has 0 aromatic heterocycles. The van der Waals surface area contributed by atoms with Crippen molar-refractivity contribution in [2.75, 3.05) is 56.0 Å². The van der Waals surface area contributed by atoms with Crippen molar-refractivity contribution >= 4 is 27.3 Å². The Morgan fingerprint density at radius 3 is 2.26 bits per heavy atom. The van der Waals surface area contributed by atoms with E-state index >= 15 is 0 Å².